The number of rotatable bonds is 4. The number of nitrogens with one attached hydrogen (secondary N) is 1. The summed E-state index contributed by atoms with van der Waals surface area (Å²) in [5.74, 6) is 0. The van der Waals surface area contributed by atoms with Gasteiger partial charge in [-0.2, -0.15) is 0 Å². The smallest absolute Gasteiger partial charge is 0.250 e. The van der Waals surface area contributed by atoms with E-state index >= 15 is 0 Å². The first-order valence-corrected chi connectivity index (χ1v) is 4.71. The second-order valence-electron chi connectivity index (χ2n) is 3.09. The molecule has 1 aromatic carbocycles. The fourth-order valence-electron chi connectivity index (χ4n) is 1.17. The Labute approximate surface area is 87.1 Å². The van der Waals surface area contributed by atoms with Gasteiger partial charge in [0.2, 0.25) is 0 Å². The van der Waals surface area contributed by atoms with Crippen LogP contribution in [0, 0.1) is 6.92 Å². The van der Waals surface area contributed by atoms with Crippen LogP contribution < -0.4 is 5.32 Å². The zero-order valence-electron chi connectivity index (χ0n) is 7.86. The Morgan fingerprint density at radius 3 is 2.71 bits per heavy atom. The second kappa shape index (κ2) is 5.27. The topological polar surface area (TPSA) is 12.0 Å². The molecular formula is C10H12ClF2N. The van der Waals surface area contributed by atoms with Crippen LogP contribution in [0.2, 0.25) is 5.02 Å². The zero-order chi connectivity index (χ0) is 10.6. The van der Waals surface area contributed by atoms with Crippen molar-refractivity contribution in [2.75, 3.05) is 6.54 Å². The number of halogens is 3. The minimum absolute atomic E-state index is 0.276. The lowest BCUT2D eigenvalue weighted by Crippen LogP contribution is -2.20. The van der Waals surface area contributed by atoms with Gasteiger partial charge in [-0.25, -0.2) is 8.78 Å². The molecule has 0 amide bonds. The van der Waals surface area contributed by atoms with E-state index in [0.29, 0.717) is 11.6 Å². The molecular weight excluding hydrogens is 208 g/mol. The van der Waals surface area contributed by atoms with Crippen LogP contribution in [0.1, 0.15) is 11.1 Å². The van der Waals surface area contributed by atoms with Crippen LogP contribution in [0.3, 0.4) is 0 Å². The Balaban J connectivity index is 2.51. The Kier molecular flexibility index (Phi) is 4.29. The van der Waals surface area contributed by atoms with Crippen LogP contribution in [0.15, 0.2) is 18.2 Å². The summed E-state index contributed by atoms with van der Waals surface area (Å²) in [7, 11) is 0. The van der Waals surface area contributed by atoms with Gasteiger partial charge in [-0.3, -0.25) is 0 Å². The number of hydrogen-bond acceptors (Lipinski definition) is 1. The Morgan fingerprint density at radius 2 is 2.14 bits per heavy atom. The maximum Gasteiger partial charge on any atom is 0.250 e. The quantitative estimate of drug-likeness (QED) is 0.821. The monoisotopic (exact) mass is 219 g/mol. The molecule has 0 bridgehead atoms. The van der Waals surface area contributed by atoms with Crippen LogP contribution in [-0.4, -0.2) is 13.0 Å². The first-order valence-electron chi connectivity index (χ1n) is 4.33. The summed E-state index contributed by atoms with van der Waals surface area (Å²) >= 11 is 5.76. The van der Waals surface area contributed by atoms with Crippen molar-refractivity contribution in [1.82, 2.24) is 5.32 Å². The largest absolute Gasteiger partial charge is 0.307 e. The van der Waals surface area contributed by atoms with E-state index in [1.165, 1.54) is 0 Å². The molecule has 0 radical (unpaired) electrons. The van der Waals surface area contributed by atoms with E-state index in [4.69, 9.17) is 11.6 Å². The fourth-order valence-corrected chi connectivity index (χ4v) is 1.40. The molecule has 1 rings (SSSR count). The molecule has 0 atom stereocenters. The molecule has 4 heteroatoms. The van der Waals surface area contributed by atoms with Crippen molar-refractivity contribution < 1.29 is 8.78 Å². The summed E-state index contributed by atoms with van der Waals surface area (Å²) in [5, 5.41) is 3.34. The molecule has 0 aliphatic rings. The third-order valence-electron chi connectivity index (χ3n) is 1.92. The van der Waals surface area contributed by atoms with Gasteiger partial charge in [-0.1, -0.05) is 17.7 Å². The van der Waals surface area contributed by atoms with Gasteiger partial charge in [-0.05, 0) is 30.2 Å². The molecule has 78 valence electrons. The minimum Gasteiger partial charge on any atom is -0.307 e. The van der Waals surface area contributed by atoms with Crippen molar-refractivity contribution in [1.29, 1.82) is 0 Å². The Morgan fingerprint density at radius 1 is 1.43 bits per heavy atom. The number of benzene rings is 1. The maximum absolute atomic E-state index is 11.8. The zero-order valence-corrected chi connectivity index (χ0v) is 8.61. The van der Waals surface area contributed by atoms with Gasteiger partial charge < -0.3 is 5.32 Å². The van der Waals surface area contributed by atoms with Gasteiger partial charge in [0, 0.05) is 11.6 Å². The Hall–Kier alpha value is -0.670. The van der Waals surface area contributed by atoms with Crippen molar-refractivity contribution >= 4 is 11.6 Å². The van der Waals surface area contributed by atoms with Crippen LogP contribution in [-0.2, 0) is 6.54 Å². The van der Waals surface area contributed by atoms with E-state index in [-0.39, 0.29) is 6.54 Å². The lowest BCUT2D eigenvalue weighted by molar-refractivity contribution is 0.145. The van der Waals surface area contributed by atoms with Crippen molar-refractivity contribution in [3.05, 3.63) is 34.3 Å². The SMILES string of the molecule is Cc1cc(Cl)ccc1CNCC(F)F. The predicted octanol–water partition coefficient (Wildman–Crippen LogP) is 3.00. The third kappa shape index (κ3) is 3.60. The van der Waals surface area contributed by atoms with E-state index in [2.05, 4.69) is 5.32 Å². The van der Waals surface area contributed by atoms with Crippen LogP contribution in [0.4, 0.5) is 8.78 Å². The van der Waals surface area contributed by atoms with Crippen molar-refractivity contribution in [2.24, 2.45) is 0 Å². The van der Waals surface area contributed by atoms with Crippen molar-refractivity contribution in [3.63, 3.8) is 0 Å². The van der Waals surface area contributed by atoms with E-state index < -0.39 is 6.43 Å². The molecule has 0 heterocycles. The molecule has 1 N–H and O–H groups in total. The highest BCUT2D eigenvalue weighted by molar-refractivity contribution is 6.30. The number of alkyl halides is 2. The molecule has 1 nitrogen and oxygen atoms in total. The third-order valence-corrected chi connectivity index (χ3v) is 2.15. The van der Waals surface area contributed by atoms with Crippen LogP contribution >= 0.6 is 11.6 Å². The lowest BCUT2D eigenvalue weighted by Gasteiger charge is -2.07. The first kappa shape index (κ1) is 11.4. The molecule has 0 aromatic heterocycles. The summed E-state index contributed by atoms with van der Waals surface area (Å²) in [6, 6.07) is 5.42. The average molecular weight is 220 g/mol. The highest BCUT2D eigenvalue weighted by atomic mass is 35.5. The molecule has 0 spiro atoms. The standard InChI is InChI=1S/C10H12ClF2N/c1-7-4-9(11)3-2-8(7)5-14-6-10(12)13/h2-4,10,14H,5-6H2,1H3. The summed E-state index contributed by atoms with van der Waals surface area (Å²) in [5.41, 5.74) is 2.01. The summed E-state index contributed by atoms with van der Waals surface area (Å²) in [6.45, 7) is 2.08. The summed E-state index contributed by atoms with van der Waals surface area (Å²) < 4.78 is 23.6. The van der Waals surface area contributed by atoms with Gasteiger partial charge in [0.25, 0.3) is 6.43 Å². The normalized spacial score (nSPS) is 10.9. The molecule has 0 aliphatic carbocycles. The molecule has 0 unspecified atom stereocenters. The molecule has 14 heavy (non-hydrogen) atoms. The lowest BCUT2D eigenvalue weighted by atomic mass is 10.1. The molecule has 0 fully saturated rings. The van der Waals surface area contributed by atoms with Gasteiger partial charge in [0.1, 0.15) is 0 Å². The maximum atomic E-state index is 11.8. The number of aryl methyl sites for hydroxylation is 1. The van der Waals surface area contributed by atoms with E-state index in [0.717, 1.165) is 11.1 Å². The predicted molar refractivity (Wildman–Crippen MR) is 53.9 cm³/mol. The number of hydrogen-bond donors (Lipinski definition) is 1. The van der Waals surface area contributed by atoms with Gasteiger partial charge in [0.05, 0.1) is 6.54 Å². The summed E-state index contributed by atoms with van der Waals surface area (Å²) in [4.78, 5) is 0. The molecule has 0 saturated carbocycles. The van der Waals surface area contributed by atoms with Gasteiger partial charge in [0.15, 0.2) is 0 Å². The van der Waals surface area contributed by atoms with E-state index in [9.17, 15) is 8.78 Å². The van der Waals surface area contributed by atoms with Crippen molar-refractivity contribution in [2.45, 2.75) is 19.9 Å². The van der Waals surface area contributed by atoms with Crippen molar-refractivity contribution in [3.8, 4) is 0 Å². The Bertz CT molecular complexity index is 302. The average Bonchev–Trinajstić information content (AvgIpc) is 2.08. The highest BCUT2D eigenvalue weighted by Crippen LogP contribution is 2.14. The van der Waals surface area contributed by atoms with Crippen LogP contribution in [0.5, 0.6) is 0 Å². The van der Waals surface area contributed by atoms with Gasteiger partial charge in [-0.15, -0.1) is 0 Å². The molecule has 0 saturated heterocycles. The second-order valence-corrected chi connectivity index (χ2v) is 3.53. The summed E-state index contributed by atoms with van der Waals surface area (Å²) in [6.07, 6.45) is -2.30. The molecule has 0 aliphatic heterocycles. The minimum atomic E-state index is -2.30. The fraction of sp³-hybridized carbons (Fsp3) is 0.400. The van der Waals surface area contributed by atoms with E-state index in [1.54, 1.807) is 6.07 Å². The highest BCUT2D eigenvalue weighted by Gasteiger charge is 2.02. The first-order chi connectivity index (χ1) is 6.59. The van der Waals surface area contributed by atoms with E-state index in [1.807, 2.05) is 19.1 Å². The van der Waals surface area contributed by atoms with Gasteiger partial charge >= 0.3 is 0 Å². The van der Waals surface area contributed by atoms with Crippen LogP contribution in [0.25, 0.3) is 0 Å². The molecule has 1 aromatic rings.